The number of nitrogens with one attached hydrogen (secondary N) is 3. The normalized spacial score (nSPS) is 37.3. The number of aromatic amines is 3. The van der Waals surface area contributed by atoms with Crippen molar-refractivity contribution < 1.29 is 148 Å². The highest BCUT2D eigenvalue weighted by Gasteiger charge is 2.59. The standard InChI is InChI=1S/C21H24FN9O10P2S.C20H22F2N10O10P2S.C19H21F2N11O10P2S/c22-13-15-12(39-20(13)30-4-2-9-10(23)1-3-25-16(9)30)7-37-43(35,44)40-11-5-8(6-36-42(33,34)41-15)38-19(11)31-17-14(28-29-31)18(32)27-21(24)26-17;21-9-7-3-37-43(34,35)41-13-8(40-18(10(13)22)32-15-11(29-30-32)6(23)1-2-25-15)4-38-44(36,45)42-14(9)19(39-7)31-5-26-12-16(31)27-20(24)28-17(12)33;20-8-6-3-37-43(34,35)41-12-7(40-17(9(12)21)31-14-10(27-29-31)5(22)1-2-24-14)4-38-44(36,45)42-13(8)18(39-6)32-15-11(28-30-32)16(33)26-19(23)25-15/h1-4,8,11-13,15,19-20H,5-7H2,(H2,23,25)(H,33,34)(H,35,44)(H3,24,26,27,32);1-2,5,7-10,13-14,18-19H,3-4H2,(H2,23,25)(H,34,35)(H,36,45)(H3,24,27,28,33);1-2,6-9,12-13,17-18H,3-4H2,(H2,22,24)(H,34,35)(H,36,45)(H3,23,25,26,33)/t8-,11+,12+,13-,15+,19+,20+,43?;7-,8-,9-,10+,13-,14-,18-,19-,44?;6-,7-,8+,9+,12-,13-,17-,18-,44?/m011/s1. The number of fused-ring (bicyclic) bond motifs is 15. The number of halogens is 5. The van der Waals surface area contributed by atoms with Crippen molar-refractivity contribution in [2.75, 3.05) is 74.0 Å². The zero-order chi connectivity index (χ0) is 94.6. The molecule has 134 heavy (non-hydrogen) atoms. The number of rotatable bonds is 6. The molecule has 21 N–H and O–H groups in total. The highest BCUT2D eigenvalue weighted by Crippen LogP contribution is 2.59. The highest BCUT2D eigenvalue weighted by molar-refractivity contribution is 8.07. The predicted octanol–water partition coefficient (Wildman–Crippen LogP) is -0.760. The molecule has 9 aliphatic heterocycles. The van der Waals surface area contributed by atoms with Gasteiger partial charge in [0.15, 0.2) is 124 Å². The van der Waals surface area contributed by atoms with Crippen LogP contribution < -0.4 is 51.1 Å². The van der Waals surface area contributed by atoms with Crippen LogP contribution in [-0.4, -0.2) is 292 Å². The van der Waals surface area contributed by atoms with E-state index in [0.29, 0.717) is 16.7 Å². The maximum atomic E-state index is 15.9. The molecule has 21 heterocycles. The van der Waals surface area contributed by atoms with Crippen LogP contribution in [0.15, 0.2) is 69.8 Å². The molecular weight excluding hydrogens is 2000 g/mol. The van der Waals surface area contributed by atoms with Crippen molar-refractivity contribution in [3.8, 4) is 0 Å². The molecule has 21 rings (SSSR count). The number of H-pyrrole nitrogens is 3. The average Bonchev–Trinajstić information content (AvgIpc) is 1.61. The summed E-state index contributed by atoms with van der Waals surface area (Å²) in [4.78, 5) is 136. The molecule has 29 atom stereocenters. The first-order valence-electron chi connectivity index (χ1n) is 38.7. The molecule has 9 fully saturated rings. The Bertz CT molecular complexity index is 6830. The summed E-state index contributed by atoms with van der Waals surface area (Å²) in [6.45, 7) is -17.5. The first-order chi connectivity index (χ1) is 63.5. The molecule has 60 nitrogen and oxygen atoms in total. The van der Waals surface area contributed by atoms with Gasteiger partial charge in [-0.25, -0.2) is 55.6 Å². The molecule has 0 radical (unpaired) electrons. The van der Waals surface area contributed by atoms with Crippen LogP contribution in [0.4, 0.5) is 56.9 Å². The fourth-order valence-corrected chi connectivity index (χ4v) is 22.7. The number of ether oxygens (including phenoxy) is 6. The maximum Gasteiger partial charge on any atom is 0.472 e. The topological polar surface area (TPSA) is 816 Å². The number of anilines is 6. The van der Waals surface area contributed by atoms with E-state index in [-0.39, 0.29) is 91.5 Å². The van der Waals surface area contributed by atoms with Gasteiger partial charge in [0.1, 0.15) is 72.8 Å². The molecule has 6 bridgehead atoms. The van der Waals surface area contributed by atoms with Crippen LogP contribution in [-0.2, 0) is 132 Å². The minimum Gasteiger partial charge on any atom is -0.398 e. The number of hydrogen-bond acceptors (Lipinski definition) is 48. The number of pyridine rings is 3. The molecule has 0 aliphatic carbocycles. The smallest absolute Gasteiger partial charge is 0.398 e. The van der Waals surface area contributed by atoms with Gasteiger partial charge in [0, 0.05) is 42.3 Å². The van der Waals surface area contributed by atoms with E-state index in [1.807, 2.05) is 0 Å². The zero-order valence-electron chi connectivity index (χ0n) is 66.6. The Hall–Kier alpha value is -9.17. The van der Waals surface area contributed by atoms with Gasteiger partial charge in [0.25, 0.3) is 16.7 Å². The minimum atomic E-state index is -5.17. The van der Waals surface area contributed by atoms with E-state index in [2.05, 4.69) is 91.1 Å². The van der Waals surface area contributed by atoms with E-state index in [1.165, 1.54) is 41.5 Å². The zero-order valence-corrected chi connectivity index (χ0v) is 74.4. The molecule has 6 unspecified atom stereocenters. The minimum absolute atomic E-state index is 0.0315. The Labute approximate surface area is 752 Å². The third-order valence-corrected chi connectivity index (χ3v) is 29.2. The summed E-state index contributed by atoms with van der Waals surface area (Å²) < 4.78 is 223. The molecule has 74 heteroatoms. The number of nitrogen functional groups attached to an aromatic ring is 6. The predicted molar refractivity (Wildman–Crippen MR) is 443 cm³/mol. The van der Waals surface area contributed by atoms with Crippen molar-refractivity contribution in [3.63, 3.8) is 0 Å². The Kier molecular flexibility index (Phi) is 25.0. The molecule has 0 aromatic carbocycles. The van der Waals surface area contributed by atoms with Gasteiger partial charge in [0.2, 0.25) is 17.8 Å². The molecule has 9 aliphatic rings. The van der Waals surface area contributed by atoms with E-state index in [4.69, 9.17) is 153 Å². The summed E-state index contributed by atoms with van der Waals surface area (Å²) in [6, 6.07) is 6.09. The summed E-state index contributed by atoms with van der Waals surface area (Å²) in [5, 5.41) is 31.2. The van der Waals surface area contributed by atoms with Crippen LogP contribution >= 0.6 is 43.6 Å². The van der Waals surface area contributed by atoms with Gasteiger partial charge in [-0.1, -0.05) is 20.9 Å². The summed E-state index contributed by atoms with van der Waals surface area (Å²) in [5.41, 5.74) is 33.0. The summed E-state index contributed by atoms with van der Waals surface area (Å²) in [6.07, 6.45) is -32.0. The lowest BCUT2D eigenvalue weighted by Crippen LogP contribution is -2.34. The van der Waals surface area contributed by atoms with Crippen molar-refractivity contribution in [2.24, 2.45) is 0 Å². The molecule has 12 aromatic heterocycles. The number of phosphoric ester groups is 3. The molecule has 0 amide bonds. The van der Waals surface area contributed by atoms with Crippen LogP contribution in [0.2, 0.25) is 0 Å². The number of imidazole rings is 1. The number of alkyl halides is 5. The monoisotopic (exact) mass is 2060 g/mol. The van der Waals surface area contributed by atoms with Gasteiger partial charge in [-0.3, -0.25) is 70.1 Å². The van der Waals surface area contributed by atoms with Crippen molar-refractivity contribution in [1.82, 2.24) is 119 Å². The number of phosphoric acid groups is 3. The quantitative estimate of drug-likeness (QED) is 0.0719. The second kappa shape index (κ2) is 35.7. The molecule has 0 spiro atoms. The van der Waals surface area contributed by atoms with Gasteiger partial charge in [-0.2, -0.15) is 33.7 Å². The maximum absolute atomic E-state index is 15.9. The Balaban J connectivity index is 0.000000129. The molecule has 720 valence electrons. The lowest BCUT2D eigenvalue weighted by molar-refractivity contribution is -0.0680. The van der Waals surface area contributed by atoms with Crippen LogP contribution in [0.3, 0.4) is 0 Å². The average molecular weight is 2070 g/mol. The van der Waals surface area contributed by atoms with Crippen molar-refractivity contribution in [2.45, 2.75) is 148 Å². The van der Waals surface area contributed by atoms with E-state index in [9.17, 15) is 57.4 Å². The molecule has 12 aromatic rings. The van der Waals surface area contributed by atoms with Crippen LogP contribution in [0.1, 0.15) is 43.8 Å². The molecule has 0 saturated carbocycles. The summed E-state index contributed by atoms with van der Waals surface area (Å²) in [7, 11) is -15.3. The van der Waals surface area contributed by atoms with E-state index in [1.54, 1.807) is 12.1 Å². The van der Waals surface area contributed by atoms with Gasteiger partial charge in [0.05, 0.1) is 63.4 Å². The first kappa shape index (κ1) is 93.8. The lowest BCUT2D eigenvalue weighted by Gasteiger charge is -2.27. The third kappa shape index (κ3) is 18.2. The van der Waals surface area contributed by atoms with Crippen molar-refractivity contribution >= 4 is 181 Å². The number of nitrogens with zero attached hydrogens (tertiary/aromatic N) is 21. The third-order valence-electron chi connectivity index (χ3n) is 21.6. The molecular formula is C60H67F5N30O30P6S3. The number of aromatic nitrogens is 24. The summed E-state index contributed by atoms with van der Waals surface area (Å²) in [5.74, 6) is -0.834. The van der Waals surface area contributed by atoms with Crippen LogP contribution in [0.25, 0.3) is 66.9 Å². The number of hydrogen-bond donors (Lipinski definition) is 15. The summed E-state index contributed by atoms with van der Waals surface area (Å²) >= 11 is 15.5. The van der Waals surface area contributed by atoms with Crippen molar-refractivity contribution in [3.05, 3.63) is 86.4 Å². The fourth-order valence-electron chi connectivity index (χ4n) is 15.6. The second-order valence-electron chi connectivity index (χ2n) is 30.2. The Morgan fingerprint density at radius 3 is 1.24 bits per heavy atom. The van der Waals surface area contributed by atoms with Crippen molar-refractivity contribution in [1.29, 1.82) is 0 Å². The fraction of sp³-hybridized carbons (Fsp3) is 0.500. The van der Waals surface area contributed by atoms with Gasteiger partial charge in [-0.15, -0.1) is 20.4 Å². The van der Waals surface area contributed by atoms with E-state index < -0.39 is 241 Å². The number of nitrogens with two attached hydrogens (primary N) is 6. The lowest BCUT2D eigenvalue weighted by atomic mass is 10.1. The van der Waals surface area contributed by atoms with Crippen LogP contribution in [0.5, 0.6) is 0 Å². The van der Waals surface area contributed by atoms with E-state index >= 15 is 22.0 Å². The SMILES string of the molecule is Nc1nc2c(ncn2[C@@H]2O[C@@H]3COP(=O)(O)O[C@H]4[C@H](F)[C@H](n5nnc6c(N)ccnc65)O[C@@H]4COP(O)(=S)O[C@@H]2[C@@H]3F)c(=O)[nH]1.Nc1nc2c(nnn2[C@@H]2O[C@@H]3COP(=O)(O)O[C@H]4[C@H](F)[C@H](n5ccc6c(N)ccnc65)O[C@@H]4COP(O)(=S)O[C@@H]2C3)c(=O)[nH]1.Nc1nc2c(nnn2[C@@H]2O[C@@H]3COP(=O)(O)O[C@H]4[C@H](F)[C@H](n5nnc6c(N)ccnc65)O[C@@H]4COP(O)(=S)O[C@@H]2[C@H]3F)c(=O)[nH]1. The largest absolute Gasteiger partial charge is 0.472 e. The second-order valence-corrected chi connectivity index (χ2v) is 42.8. The van der Waals surface area contributed by atoms with Gasteiger partial charge < -0.3 is 115 Å². The molecule has 9 saturated heterocycles. The highest BCUT2D eigenvalue weighted by atomic mass is 32.5. The first-order valence-corrected chi connectivity index (χ1v) is 50.9. The van der Waals surface area contributed by atoms with Gasteiger partial charge >= 0.3 is 43.6 Å². The van der Waals surface area contributed by atoms with E-state index in [0.717, 1.165) is 29.6 Å². The van der Waals surface area contributed by atoms with Crippen LogP contribution in [0, 0.1) is 0 Å². The van der Waals surface area contributed by atoms with Gasteiger partial charge in [-0.05, 0) is 59.7 Å². The Morgan fingerprint density at radius 2 is 0.746 bits per heavy atom. The Morgan fingerprint density at radius 1 is 0.366 bits per heavy atom.